The maximum atomic E-state index is 12.3. The van der Waals surface area contributed by atoms with Gasteiger partial charge in [0, 0.05) is 43.7 Å². The Bertz CT molecular complexity index is 741. The number of rotatable bonds is 5. The van der Waals surface area contributed by atoms with E-state index in [1.54, 1.807) is 12.1 Å². The summed E-state index contributed by atoms with van der Waals surface area (Å²) in [7, 11) is 0. The number of amides is 1. The SMILES string of the molecule is Cl.O=C(CCN1CCNCC1c1ccccc1Cl)Nc1ccccc1Cl. The number of carbonyl (C=O) groups excluding carboxylic acids is 1. The molecule has 0 saturated carbocycles. The molecular weight excluding hydrogens is 393 g/mol. The minimum Gasteiger partial charge on any atom is -0.325 e. The van der Waals surface area contributed by atoms with E-state index in [-0.39, 0.29) is 24.4 Å². The largest absolute Gasteiger partial charge is 0.325 e. The molecule has 0 radical (unpaired) electrons. The number of para-hydroxylation sites is 1. The van der Waals surface area contributed by atoms with Crippen molar-refractivity contribution in [1.29, 1.82) is 0 Å². The highest BCUT2D eigenvalue weighted by atomic mass is 35.5. The molecule has 2 aromatic carbocycles. The zero-order valence-corrected chi connectivity index (χ0v) is 16.6. The van der Waals surface area contributed by atoms with Crippen LogP contribution in [0.2, 0.25) is 10.0 Å². The van der Waals surface area contributed by atoms with Crippen LogP contribution in [0, 0.1) is 0 Å². The first kappa shape index (κ1) is 21.0. The first-order valence-electron chi connectivity index (χ1n) is 8.39. The lowest BCUT2D eigenvalue weighted by Crippen LogP contribution is -2.46. The second-order valence-electron chi connectivity index (χ2n) is 6.06. The third-order valence-electron chi connectivity index (χ3n) is 4.39. The molecule has 0 aliphatic carbocycles. The first-order chi connectivity index (χ1) is 12.1. The molecular formula is C19H22Cl3N3O. The topological polar surface area (TPSA) is 44.4 Å². The second-order valence-corrected chi connectivity index (χ2v) is 6.87. The Morgan fingerprint density at radius 3 is 2.54 bits per heavy atom. The molecule has 0 spiro atoms. The number of carbonyl (C=O) groups is 1. The van der Waals surface area contributed by atoms with Crippen LogP contribution in [0.15, 0.2) is 48.5 Å². The van der Waals surface area contributed by atoms with Crippen LogP contribution in [-0.2, 0) is 4.79 Å². The molecule has 140 valence electrons. The van der Waals surface area contributed by atoms with Gasteiger partial charge < -0.3 is 10.6 Å². The molecule has 1 amide bonds. The standard InChI is InChI=1S/C19H21Cl2N3O.ClH/c20-15-6-2-1-5-14(15)18-13-22-10-12-24(18)11-9-19(25)23-17-8-4-3-7-16(17)21;/h1-8,18,22H,9-13H2,(H,23,25);1H. The van der Waals surface area contributed by atoms with Gasteiger partial charge >= 0.3 is 0 Å². The molecule has 2 N–H and O–H groups in total. The molecule has 3 rings (SSSR count). The van der Waals surface area contributed by atoms with Crippen molar-refractivity contribution in [2.45, 2.75) is 12.5 Å². The highest BCUT2D eigenvalue weighted by molar-refractivity contribution is 6.33. The monoisotopic (exact) mass is 413 g/mol. The molecule has 1 heterocycles. The van der Waals surface area contributed by atoms with Crippen LogP contribution in [0.3, 0.4) is 0 Å². The normalized spacial score (nSPS) is 17.4. The number of hydrogen-bond acceptors (Lipinski definition) is 3. The van der Waals surface area contributed by atoms with Crippen LogP contribution in [0.4, 0.5) is 5.69 Å². The van der Waals surface area contributed by atoms with Gasteiger partial charge in [-0.1, -0.05) is 53.5 Å². The summed E-state index contributed by atoms with van der Waals surface area (Å²) in [5.74, 6) is -0.0375. The Balaban J connectivity index is 0.00000243. The number of nitrogens with one attached hydrogen (secondary N) is 2. The molecule has 7 heteroatoms. The third kappa shape index (κ3) is 5.35. The average molecular weight is 415 g/mol. The lowest BCUT2D eigenvalue weighted by atomic mass is 10.0. The smallest absolute Gasteiger partial charge is 0.225 e. The van der Waals surface area contributed by atoms with E-state index >= 15 is 0 Å². The van der Waals surface area contributed by atoms with Gasteiger partial charge in [0.25, 0.3) is 0 Å². The van der Waals surface area contributed by atoms with Crippen molar-refractivity contribution >= 4 is 47.2 Å². The molecule has 1 atom stereocenters. The minimum absolute atomic E-state index is 0. The molecule has 4 nitrogen and oxygen atoms in total. The maximum absolute atomic E-state index is 12.3. The Morgan fingerprint density at radius 1 is 1.12 bits per heavy atom. The Hall–Kier alpha value is -1.30. The van der Waals surface area contributed by atoms with Crippen LogP contribution in [-0.4, -0.2) is 37.0 Å². The zero-order chi connectivity index (χ0) is 17.6. The fourth-order valence-corrected chi connectivity index (χ4v) is 3.53. The van der Waals surface area contributed by atoms with Crippen molar-refractivity contribution in [3.05, 3.63) is 64.1 Å². The highest BCUT2D eigenvalue weighted by Gasteiger charge is 2.25. The number of nitrogens with zero attached hydrogens (tertiary/aromatic N) is 1. The van der Waals surface area contributed by atoms with E-state index in [4.69, 9.17) is 23.2 Å². The van der Waals surface area contributed by atoms with Gasteiger partial charge in [-0.3, -0.25) is 9.69 Å². The van der Waals surface area contributed by atoms with Crippen LogP contribution < -0.4 is 10.6 Å². The van der Waals surface area contributed by atoms with Crippen molar-refractivity contribution in [1.82, 2.24) is 10.2 Å². The maximum Gasteiger partial charge on any atom is 0.225 e. The van der Waals surface area contributed by atoms with Crippen molar-refractivity contribution in [2.24, 2.45) is 0 Å². The first-order valence-corrected chi connectivity index (χ1v) is 9.14. The predicted octanol–water partition coefficient (Wildman–Crippen LogP) is 4.39. The number of anilines is 1. The van der Waals surface area contributed by atoms with Gasteiger partial charge in [-0.05, 0) is 23.8 Å². The molecule has 1 saturated heterocycles. The molecule has 0 aromatic heterocycles. The Labute approximate surface area is 170 Å². The summed E-state index contributed by atoms with van der Waals surface area (Å²) in [5, 5.41) is 7.60. The summed E-state index contributed by atoms with van der Waals surface area (Å²) in [5.41, 5.74) is 1.75. The molecule has 1 fully saturated rings. The lowest BCUT2D eigenvalue weighted by molar-refractivity contribution is -0.116. The summed E-state index contributed by atoms with van der Waals surface area (Å²) >= 11 is 12.5. The van der Waals surface area contributed by atoms with Crippen molar-refractivity contribution in [3.8, 4) is 0 Å². The highest BCUT2D eigenvalue weighted by Crippen LogP contribution is 2.28. The summed E-state index contributed by atoms with van der Waals surface area (Å²) < 4.78 is 0. The summed E-state index contributed by atoms with van der Waals surface area (Å²) in [6, 6.07) is 15.3. The van der Waals surface area contributed by atoms with Gasteiger partial charge in [0.15, 0.2) is 0 Å². The third-order valence-corrected chi connectivity index (χ3v) is 5.07. The molecule has 1 aliphatic heterocycles. The van der Waals surface area contributed by atoms with E-state index in [1.165, 1.54) is 0 Å². The number of benzene rings is 2. The average Bonchev–Trinajstić information content (AvgIpc) is 2.63. The molecule has 1 unspecified atom stereocenters. The second kappa shape index (κ2) is 10.1. The van der Waals surface area contributed by atoms with Crippen LogP contribution in [0.25, 0.3) is 0 Å². The Kier molecular flexibility index (Phi) is 8.19. The van der Waals surface area contributed by atoms with Gasteiger partial charge in [-0.25, -0.2) is 0 Å². The predicted molar refractivity (Wildman–Crippen MR) is 111 cm³/mol. The number of piperazine rings is 1. The fourth-order valence-electron chi connectivity index (χ4n) is 3.09. The molecule has 0 bridgehead atoms. The molecule has 1 aliphatic rings. The summed E-state index contributed by atoms with van der Waals surface area (Å²) in [6.45, 7) is 3.30. The summed E-state index contributed by atoms with van der Waals surface area (Å²) in [6.07, 6.45) is 0.409. The van der Waals surface area contributed by atoms with E-state index in [0.717, 1.165) is 30.2 Å². The van der Waals surface area contributed by atoms with Gasteiger partial charge in [-0.15, -0.1) is 12.4 Å². The van der Waals surface area contributed by atoms with Crippen molar-refractivity contribution in [3.63, 3.8) is 0 Å². The zero-order valence-electron chi connectivity index (χ0n) is 14.3. The van der Waals surface area contributed by atoms with E-state index < -0.39 is 0 Å². The molecule has 26 heavy (non-hydrogen) atoms. The fraction of sp³-hybridized carbons (Fsp3) is 0.316. The van der Waals surface area contributed by atoms with Gasteiger partial charge in [0.1, 0.15) is 0 Å². The van der Waals surface area contributed by atoms with Gasteiger partial charge in [0.05, 0.1) is 10.7 Å². The number of halogens is 3. The lowest BCUT2D eigenvalue weighted by Gasteiger charge is -2.36. The minimum atomic E-state index is -0.0375. The van der Waals surface area contributed by atoms with Gasteiger partial charge in [0.2, 0.25) is 5.91 Å². The van der Waals surface area contributed by atoms with E-state index in [0.29, 0.717) is 23.7 Å². The van der Waals surface area contributed by atoms with E-state index in [1.807, 2.05) is 30.3 Å². The molecule has 2 aromatic rings. The van der Waals surface area contributed by atoms with Crippen LogP contribution >= 0.6 is 35.6 Å². The van der Waals surface area contributed by atoms with E-state index in [2.05, 4.69) is 21.6 Å². The quantitative estimate of drug-likeness (QED) is 0.762. The van der Waals surface area contributed by atoms with Crippen LogP contribution in [0.5, 0.6) is 0 Å². The van der Waals surface area contributed by atoms with Crippen molar-refractivity contribution < 1.29 is 4.79 Å². The Morgan fingerprint density at radius 2 is 1.81 bits per heavy atom. The van der Waals surface area contributed by atoms with E-state index in [9.17, 15) is 4.79 Å². The van der Waals surface area contributed by atoms with Gasteiger partial charge in [-0.2, -0.15) is 0 Å². The van der Waals surface area contributed by atoms with Crippen LogP contribution in [0.1, 0.15) is 18.0 Å². The van der Waals surface area contributed by atoms with Crippen molar-refractivity contribution in [2.75, 3.05) is 31.5 Å². The summed E-state index contributed by atoms with van der Waals surface area (Å²) in [4.78, 5) is 14.6. The number of hydrogen-bond donors (Lipinski definition) is 2.